The molecule has 0 saturated heterocycles. The first kappa shape index (κ1) is 22.6. The summed E-state index contributed by atoms with van der Waals surface area (Å²) >= 11 is 0. The molecule has 32 heavy (non-hydrogen) atoms. The second kappa shape index (κ2) is 7.76. The van der Waals surface area contributed by atoms with E-state index < -0.39 is 19.7 Å². The Hall–Kier alpha value is -2.61. The first-order valence-electron chi connectivity index (χ1n) is 11.4. The van der Waals surface area contributed by atoms with Crippen LogP contribution in [0.5, 0.6) is 5.75 Å². The monoisotopic (exact) mass is 454 g/mol. The molecular formula is C24H34N4O3Si. The third kappa shape index (κ3) is 3.54. The molecular weight excluding hydrogens is 420 g/mol. The van der Waals surface area contributed by atoms with Crippen LogP contribution in [0.2, 0.25) is 24.7 Å². The lowest BCUT2D eigenvalue weighted by Gasteiger charge is -2.48. The normalized spacial score (nSPS) is 19.6. The van der Waals surface area contributed by atoms with Crippen LogP contribution < -0.4 is 10.1 Å². The van der Waals surface area contributed by atoms with E-state index in [1.165, 1.54) is 0 Å². The number of nitrogens with zero attached hydrogens (tertiary/aromatic N) is 2. The van der Waals surface area contributed by atoms with Crippen molar-refractivity contribution in [1.29, 1.82) is 0 Å². The van der Waals surface area contributed by atoms with E-state index in [0.717, 1.165) is 30.5 Å². The van der Waals surface area contributed by atoms with Crippen molar-refractivity contribution >= 4 is 25.7 Å². The number of aromatic nitrogens is 2. The van der Waals surface area contributed by atoms with E-state index in [0.29, 0.717) is 18.1 Å². The fourth-order valence-electron chi connectivity index (χ4n) is 5.02. The molecule has 2 aliphatic rings. The van der Waals surface area contributed by atoms with Gasteiger partial charge in [-0.3, -0.25) is 14.7 Å². The summed E-state index contributed by atoms with van der Waals surface area (Å²) in [6.07, 6.45) is 2.37. The zero-order valence-electron chi connectivity index (χ0n) is 19.9. The number of nitrogens with one attached hydrogen (secondary N) is 2. The maximum absolute atomic E-state index is 13.3. The van der Waals surface area contributed by atoms with E-state index in [-0.39, 0.29) is 16.9 Å². The Balaban J connectivity index is 1.52. The van der Waals surface area contributed by atoms with Crippen molar-refractivity contribution in [2.45, 2.75) is 82.9 Å². The fourth-order valence-corrected chi connectivity index (χ4v) is 7.62. The van der Waals surface area contributed by atoms with Crippen molar-refractivity contribution in [2.75, 3.05) is 5.32 Å². The van der Waals surface area contributed by atoms with Crippen LogP contribution in [0.4, 0.5) is 5.82 Å². The molecule has 2 heterocycles. The summed E-state index contributed by atoms with van der Waals surface area (Å²) < 4.78 is 5.87. The number of fused-ring (bicyclic) bond motifs is 1. The molecule has 2 N–H and O–H groups in total. The second-order valence-electron chi connectivity index (χ2n) is 10.6. The quantitative estimate of drug-likeness (QED) is 0.622. The van der Waals surface area contributed by atoms with E-state index in [4.69, 9.17) is 4.74 Å². The molecule has 1 aromatic heterocycles. The summed E-state index contributed by atoms with van der Waals surface area (Å²) in [5.74, 6) is 1.20. The molecule has 1 atom stereocenters. The Morgan fingerprint density at radius 3 is 2.41 bits per heavy atom. The number of amides is 2. The number of rotatable bonds is 6. The first-order valence-corrected chi connectivity index (χ1v) is 14.9. The van der Waals surface area contributed by atoms with Gasteiger partial charge in [-0.1, -0.05) is 44.3 Å². The highest BCUT2D eigenvalue weighted by Gasteiger charge is 2.54. The highest BCUT2D eigenvalue weighted by molar-refractivity contribution is 6.83. The average molecular weight is 455 g/mol. The summed E-state index contributed by atoms with van der Waals surface area (Å²) in [6.45, 7) is 12.9. The number of benzene rings is 1. The smallest absolute Gasteiger partial charge is 0.264 e. The van der Waals surface area contributed by atoms with Gasteiger partial charge in [-0.2, -0.15) is 5.10 Å². The molecule has 0 bridgehead atoms. The van der Waals surface area contributed by atoms with Gasteiger partial charge in [0.25, 0.3) is 5.91 Å². The molecule has 1 fully saturated rings. The molecule has 0 spiro atoms. The number of H-pyrrole nitrogens is 1. The molecule has 2 aromatic rings. The topological polar surface area (TPSA) is 87.3 Å². The summed E-state index contributed by atoms with van der Waals surface area (Å²) in [6, 6.07) is 9.36. The number of carbonyl (C=O) groups excluding carboxylic acids is 2. The van der Waals surface area contributed by atoms with Gasteiger partial charge in [-0.05, 0) is 45.7 Å². The molecule has 172 valence electrons. The highest BCUT2D eigenvalue weighted by Crippen LogP contribution is 2.56. The average Bonchev–Trinajstić information content (AvgIpc) is 3.18. The zero-order valence-corrected chi connectivity index (χ0v) is 20.9. The van der Waals surface area contributed by atoms with Crippen molar-refractivity contribution in [1.82, 2.24) is 15.1 Å². The van der Waals surface area contributed by atoms with Crippen LogP contribution in [0, 0.1) is 0 Å². The highest BCUT2D eigenvalue weighted by atomic mass is 28.3. The Bertz CT molecular complexity index is 1020. The van der Waals surface area contributed by atoms with Gasteiger partial charge in [-0.15, -0.1) is 0 Å². The Morgan fingerprint density at radius 1 is 1.19 bits per heavy atom. The number of hydrogen-bond donors (Lipinski definition) is 2. The minimum atomic E-state index is -1.69. The van der Waals surface area contributed by atoms with Gasteiger partial charge < -0.3 is 15.0 Å². The van der Waals surface area contributed by atoms with Crippen LogP contribution >= 0.6 is 0 Å². The van der Waals surface area contributed by atoms with E-state index in [1.807, 2.05) is 44.2 Å². The molecule has 0 unspecified atom stereocenters. The molecule has 1 aliphatic heterocycles. The zero-order chi connectivity index (χ0) is 23.3. The molecule has 1 aromatic carbocycles. The van der Waals surface area contributed by atoms with Gasteiger partial charge >= 0.3 is 0 Å². The van der Waals surface area contributed by atoms with Crippen molar-refractivity contribution in [2.24, 2.45) is 0 Å². The largest absolute Gasteiger partial charge is 0.481 e. The molecule has 4 rings (SSSR count). The predicted octanol–water partition coefficient (Wildman–Crippen LogP) is 4.66. The summed E-state index contributed by atoms with van der Waals surface area (Å²) in [5, 5.41) is 10.4. The lowest BCUT2D eigenvalue weighted by Crippen LogP contribution is -2.52. The van der Waals surface area contributed by atoms with Crippen LogP contribution in [0.1, 0.15) is 51.3 Å². The van der Waals surface area contributed by atoms with Gasteiger partial charge in [-0.25, -0.2) is 0 Å². The summed E-state index contributed by atoms with van der Waals surface area (Å²) in [4.78, 5) is 28.4. The van der Waals surface area contributed by atoms with Crippen LogP contribution in [0.15, 0.2) is 30.3 Å². The minimum Gasteiger partial charge on any atom is -0.481 e. The van der Waals surface area contributed by atoms with Gasteiger partial charge in [0.15, 0.2) is 11.9 Å². The molecule has 2 amide bonds. The maximum atomic E-state index is 13.3. The van der Waals surface area contributed by atoms with Crippen molar-refractivity contribution in [3.05, 3.63) is 41.6 Å². The number of carbonyl (C=O) groups is 2. The van der Waals surface area contributed by atoms with Gasteiger partial charge in [0.05, 0.1) is 25.9 Å². The minimum absolute atomic E-state index is 0.0839. The standard InChI is InChI=1S/C24H34N4O3Si/c1-16(31-17-11-8-7-9-12-17)21(29)28-15-18-19(23(28,2)3)26-27-20(18)25-22(30)24(13-10-14-24)32(4,5)6/h7-9,11-12,16H,10,13-15H2,1-6H3,(H2,25,26,27,30)/t16-/m1/s1. The fraction of sp³-hybridized carbons (Fsp3) is 0.542. The van der Waals surface area contributed by atoms with Crippen LogP contribution in [0.25, 0.3) is 0 Å². The van der Waals surface area contributed by atoms with Gasteiger partial charge in [0.2, 0.25) is 5.91 Å². The third-order valence-corrected chi connectivity index (χ3v) is 11.0. The molecule has 1 saturated carbocycles. The predicted molar refractivity (Wildman–Crippen MR) is 127 cm³/mol. The summed E-state index contributed by atoms with van der Waals surface area (Å²) in [7, 11) is -1.69. The van der Waals surface area contributed by atoms with Crippen molar-refractivity contribution in [3.8, 4) is 5.75 Å². The maximum Gasteiger partial charge on any atom is 0.264 e. The van der Waals surface area contributed by atoms with E-state index in [2.05, 4.69) is 35.2 Å². The summed E-state index contributed by atoms with van der Waals surface area (Å²) in [5.41, 5.74) is 1.17. The molecule has 8 heteroatoms. The van der Waals surface area contributed by atoms with Crippen molar-refractivity contribution < 1.29 is 14.3 Å². The van der Waals surface area contributed by atoms with E-state index in [9.17, 15) is 9.59 Å². The van der Waals surface area contributed by atoms with Crippen LogP contribution in [-0.2, 0) is 21.7 Å². The third-order valence-electron chi connectivity index (χ3n) is 7.45. The lowest BCUT2D eigenvalue weighted by molar-refractivity contribution is -0.143. The number of ether oxygens (including phenoxy) is 1. The molecule has 1 aliphatic carbocycles. The second-order valence-corrected chi connectivity index (χ2v) is 16.1. The Labute approximate surface area is 190 Å². The van der Waals surface area contributed by atoms with Gasteiger partial charge in [0, 0.05) is 10.6 Å². The Morgan fingerprint density at radius 2 is 1.84 bits per heavy atom. The van der Waals surface area contributed by atoms with Crippen molar-refractivity contribution in [3.63, 3.8) is 0 Å². The van der Waals surface area contributed by atoms with E-state index >= 15 is 0 Å². The van der Waals surface area contributed by atoms with Gasteiger partial charge in [0.1, 0.15) is 5.75 Å². The first-order chi connectivity index (χ1) is 15.0. The SMILES string of the molecule is C[C@@H](Oc1ccccc1)C(=O)N1Cc2c(NC(=O)C3([Si](C)(C)C)CCC3)n[nH]c2C1(C)C. The molecule has 7 nitrogen and oxygen atoms in total. The Kier molecular flexibility index (Phi) is 5.47. The van der Waals surface area contributed by atoms with E-state index in [1.54, 1.807) is 11.8 Å². The number of anilines is 1. The van der Waals surface area contributed by atoms with Crippen LogP contribution in [0.3, 0.4) is 0 Å². The lowest BCUT2D eigenvalue weighted by atomic mass is 9.83. The number of hydrogen-bond acceptors (Lipinski definition) is 4. The number of para-hydroxylation sites is 1. The number of aromatic amines is 1. The van der Waals surface area contributed by atoms with Crippen LogP contribution in [-0.4, -0.2) is 41.1 Å². The molecule has 0 radical (unpaired) electrons.